The molecule has 0 aromatic heterocycles. The van der Waals surface area contributed by atoms with Gasteiger partial charge in [-0.1, -0.05) is 63.5 Å². The predicted molar refractivity (Wildman–Crippen MR) is 86.3 cm³/mol. The number of phenolic OH excluding ortho intramolecular Hbond substituents is 2. The second-order valence-corrected chi connectivity index (χ2v) is 5.88. The number of hydrogen-bond donors (Lipinski definition) is 2. The molecular formula is C17H25ClO3. The molecule has 0 fully saturated rings. The maximum absolute atomic E-state index is 12.0. The van der Waals surface area contributed by atoms with Crippen LogP contribution in [0.25, 0.3) is 0 Å². The number of halogens is 1. The predicted octanol–water partition coefficient (Wildman–Crippen LogP) is 5.46. The third-order valence-electron chi connectivity index (χ3n) is 3.62. The molecule has 0 aliphatic rings. The zero-order valence-corrected chi connectivity index (χ0v) is 13.5. The number of phenols is 2. The van der Waals surface area contributed by atoms with E-state index in [0.29, 0.717) is 6.42 Å². The van der Waals surface area contributed by atoms with E-state index in [4.69, 9.17) is 11.6 Å². The average molecular weight is 313 g/mol. The molecule has 0 saturated carbocycles. The quantitative estimate of drug-likeness (QED) is 0.445. The largest absolute Gasteiger partial charge is 0.507 e. The Kier molecular flexibility index (Phi) is 8.21. The number of hydrogen-bond acceptors (Lipinski definition) is 3. The lowest BCUT2D eigenvalue weighted by atomic mass is 10.0. The molecule has 0 aliphatic carbocycles. The van der Waals surface area contributed by atoms with Gasteiger partial charge in [0.15, 0.2) is 5.78 Å². The van der Waals surface area contributed by atoms with Gasteiger partial charge in [-0.05, 0) is 12.5 Å². The second kappa shape index (κ2) is 9.67. The number of unbranched alkanes of at least 4 members (excludes halogenated alkanes) is 7. The fourth-order valence-electron chi connectivity index (χ4n) is 2.33. The summed E-state index contributed by atoms with van der Waals surface area (Å²) in [6, 6.07) is 2.45. The zero-order valence-electron chi connectivity index (χ0n) is 12.7. The van der Waals surface area contributed by atoms with E-state index in [2.05, 4.69) is 6.92 Å². The lowest BCUT2D eigenvalue weighted by Crippen LogP contribution is -1.99. The summed E-state index contributed by atoms with van der Waals surface area (Å²) in [7, 11) is 0. The highest BCUT2D eigenvalue weighted by Crippen LogP contribution is 2.31. The SMILES string of the molecule is CCCCCCCCCCC(=O)c1cc(Cl)c(O)cc1O. The Morgan fingerprint density at radius 1 is 0.952 bits per heavy atom. The van der Waals surface area contributed by atoms with E-state index in [9.17, 15) is 15.0 Å². The van der Waals surface area contributed by atoms with Crippen molar-refractivity contribution in [2.24, 2.45) is 0 Å². The van der Waals surface area contributed by atoms with Crippen molar-refractivity contribution in [3.63, 3.8) is 0 Å². The van der Waals surface area contributed by atoms with Crippen LogP contribution in [0, 0.1) is 0 Å². The molecule has 2 N–H and O–H groups in total. The number of ketones is 1. The minimum absolute atomic E-state index is 0.0899. The molecule has 118 valence electrons. The van der Waals surface area contributed by atoms with Gasteiger partial charge in [0.1, 0.15) is 11.5 Å². The van der Waals surface area contributed by atoms with Crippen LogP contribution in [0.3, 0.4) is 0 Å². The maximum Gasteiger partial charge on any atom is 0.166 e. The molecule has 0 amide bonds. The van der Waals surface area contributed by atoms with Crippen molar-refractivity contribution in [1.82, 2.24) is 0 Å². The van der Waals surface area contributed by atoms with Gasteiger partial charge in [-0.25, -0.2) is 0 Å². The molecule has 0 bridgehead atoms. The third-order valence-corrected chi connectivity index (χ3v) is 3.93. The normalized spacial score (nSPS) is 10.8. The first kappa shape index (κ1) is 17.8. The van der Waals surface area contributed by atoms with E-state index in [1.807, 2.05) is 0 Å². The summed E-state index contributed by atoms with van der Waals surface area (Å²) in [5.41, 5.74) is 0.195. The van der Waals surface area contributed by atoms with Gasteiger partial charge in [0.25, 0.3) is 0 Å². The van der Waals surface area contributed by atoms with E-state index in [1.54, 1.807) is 0 Å². The number of Topliss-reactive ketones (excluding diaryl/α,β-unsaturated/α-hetero) is 1. The van der Waals surface area contributed by atoms with Crippen LogP contribution < -0.4 is 0 Å². The first-order valence-corrected chi connectivity index (χ1v) is 8.18. The molecule has 0 radical (unpaired) electrons. The van der Waals surface area contributed by atoms with Crippen LogP contribution in [0.5, 0.6) is 11.5 Å². The van der Waals surface area contributed by atoms with Crippen LogP contribution in [-0.4, -0.2) is 16.0 Å². The van der Waals surface area contributed by atoms with Crippen LogP contribution in [0.4, 0.5) is 0 Å². The van der Waals surface area contributed by atoms with Gasteiger partial charge in [0, 0.05) is 12.5 Å². The fourth-order valence-corrected chi connectivity index (χ4v) is 2.49. The lowest BCUT2D eigenvalue weighted by molar-refractivity contribution is 0.0976. The zero-order chi connectivity index (χ0) is 15.7. The van der Waals surface area contributed by atoms with Crippen molar-refractivity contribution in [2.75, 3.05) is 0 Å². The Hall–Kier alpha value is -1.22. The molecule has 0 aliphatic heterocycles. The highest BCUT2D eigenvalue weighted by molar-refractivity contribution is 6.32. The molecule has 1 rings (SSSR count). The monoisotopic (exact) mass is 312 g/mol. The van der Waals surface area contributed by atoms with Gasteiger partial charge in [-0.15, -0.1) is 0 Å². The minimum Gasteiger partial charge on any atom is -0.507 e. The molecule has 4 heteroatoms. The summed E-state index contributed by atoms with van der Waals surface area (Å²) in [6.07, 6.45) is 9.78. The van der Waals surface area contributed by atoms with E-state index in [0.717, 1.165) is 25.3 Å². The van der Waals surface area contributed by atoms with Gasteiger partial charge < -0.3 is 10.2 Å². The first-order valence-electron chi connectivity index (χ1n) is 7.81. The Morgan fingerprint density at radius 2 is 1.52 bits per heavy atom. The Balaban J connectivity index is 2.27. The molecule has 0 saturated heterocycles. The van der Waals surface area contributed by atoms with Gasteiger partial charge in [-0.3, -0.25) is 4.79 Å². The van der Waals surface area contributed by atoms with Crippen LogP contribution in [0.15, 0.2) is 12.1 Å². The summed E-state index contributed by atoms with van der Waals surface area (Å²) in [5, 5.41) is 19.1. The van der Waals surface area contributed by atoms with Crippen molar-refractivity contribution in [1.29, 1.82) is 0 Å². The molecule has 3 nitrogen and oxygen atoms in total. The Bertz CT molecular complexity index is 458. The molecule has 1 aromatic rings. The number of aromatic hydroxyl groups is 2. The van der Waals surface area contributed by atoms with E-state index in [1.165, 1.54) is 38.2 Å². The average Bonchev–Trinajstić information content (AvgIpc) is 2.45. The van der Waals surface area contributed by atoms with Crippen molar-refractivity contribution in [3.8, 4) is 11.5 Å². The Morgan fingerprint density at radius 3 is 2.14 bits per heavy atom. The van der Waals surface area contributed by atoms with Gasteiger partial charge in [0.2, 0.25) is 0 Å². The fraction of sp³-hybridized carbons (Fsp3) is 0.588. The molecule has 21 heavy (non-hydrogen) atoms. The second-order valence-electron chi connectivity index (χ2n) is 5.47. The standard InChI is InChI=1S/C17H25ClO3/c1-2-3-4-5-6-7-8-9-10-15(19)13-11-14(18)17(21)12-16(13)20/h11-12,20-21H,2-10H2,1H3. The highest BCUT2D eigenvalue weighted by atomic mass is 35.5. The topological polar surface area (TPSA) is 57.5 Å². The van der Waals surface area contributed by atoms with Gasteiger partial charge in [-0.2, -0.15) is 0 Å². The molecule has 0 unspecified atom stereocenters. The summed E-state index contributed by atoms with van der Waals surface area (Å²) in [6.45, 7) is 2.20. The summed E-state index contributed by atoms with van der Waals surface area (Å²) in [4.78, 5) is 12.0. The first-order chi connectivity index (χ1) is 10.1. The highest BCUT2D eigenvalue weighted by Gasteiger charge is 2.14. The molecular weight excluding hydrogens is 288 g/mol. The van der Waals surface area contributed by atoms with Gasteiger partial charge >= 0.3 is 0 Å². The number of benzene rings is 1. The van der Waals surface area contributed by atoms with Crippen molar-refractivity contribution in [2.45, 2.75) is 64.7 Å². The molecule has 0 atom stereocenters. The number of rotatable bonds is 10. The van der Waals surface area contributed by atoms with Crippen LogP contribution in [-0.2, 0) is 0 Å². The van der Waals surface area contributed by atoms with Crippen LogP contribution in [0.2, 0.25) is 5.02 Å². The van der Waals surface area contributed by atoms with Crippen LogP contribution in [0.1, 0.15) is 75.1 Å². The van der Waals surface area contributed by atoms with Crippen molar-refractivity contribution >= 4 is 17.4 Å². The number of carbonyl (C=O) groups excluding carboxylic acids is 1. The maximum atomic E-state index is 12.0. The summed E-state index contributed by atoms with van der Waals surface area (Å²) >= 11 is 5.76. The third kappa shape index (κ3) is 6.38. The number of carbonyl (C=O) groups is 1. The summed E-state index contributed by atoms with van der Waals surface area (Å²) < 4.78 is 0. The lowest BCUT2D eigenvalue weighted by Gasteiger charge is -2.06. The molecule has 0 heterocycles. The summed E-state index contributed by atoms with van der Waals surface area (Å²) in [5.74, 6) is -0.542. The van der Waals surface area contributed by atoms with E-state index in [-0.39, 0.29) is 27.9 Å². The minimum atomic E-state index is -0.210. The molecule has 0 spiro atoms. The Labute approximate surface area is 131 Å². The van der Waals surface area contributed by atoms with Crippen molar-refractivity contribution in [3.05, 3.63) is 22.7 Å². The smallest absolute Gasteiger partial charge is 0.166 e. The van der Waals surface area contributed by atoms with Crippen molar-refractivity contribution < 1.29 is 15.0 Å². The molecule has 1 aromatic carbocycles. The van der Waals surface area contributed by atoms with E-state index < -0.39 is 0 Å². The van der Waals surface area contributed by atoms with E-state index >= 15 is 0 Å². The van der Waals surface area contributed by atoms with Gasteiger partial charge in [0.05, 0.1) is 10.6 Å². The van der Waals surface area contributed by atoms with Crippen LogP contribution >= 0.6 is 11.6 Å².